The predicted molar refractivity (Wildman–Crippen MR) is 91.4 cm³/mol. The number of urea groups is 1. The molecule has 1 aromatic heterocycles. The molecule has 0 saturated carbocycles. The zero-order valence-corrected chi connectivity index (χ0v) is 14.1. The van der Waals surface area contributed by atoms with Gasteiger partial charge in [-0.3, -0.25) is 0 Å². The van der Waals surface area contributed by atoms with Crippen molar-refractivity contribution < 1.29 is 4.79 Å². The van der Waals surface area contributed by atoms with Crippen LogP contribution in [-0.2, 0) is 6.42 Å². The van der Waals surface area contributed by atoms with Crippen molar-refractivity contribution in [1.82, 2.24) is 15.1 Å². The van der Waals surface area contributed by atoms with Gasteiger partial charge in [0.15, 0.2) is 0 Å². The van der Waals surface area contributed by atoms with E-state index in [9.17, 15) is 4.79 Å². The van der Waals surface area contributed by atoms with E-state index in [2.05, 4.69) is 27.7 Å². The van der Waals surface area contributed by atoms with E-state index in [1.54, 1.807) is 11.3 Å². The molecule has 1 N–H and O–H groups in total. The van der Waals surface area contributed by atoms with Crippen LogP contribution in [0.25, 0.3) is 0 Å². The average molecular weight is 321 g/mol. The van der Waals surface area contributed by atoms with Crippen molar-refractivity contribution in [3.8, 4) is 0 Å². The first-order chi connectivity index (χ1) is 10.8. The SMILES string of the molecule is O=C(NCCc1cccs1)N1CCC(CN2CCCC2)CC1. The zero-order chi connectivity index (χ0) is 15.2. The molecule has 0 unspecified atom stereocenters. The van der Waals surface area contributed by atoms with Gasteiger partial charge >= 0.3 is 6.03 Å². The maximum absolute atomic E-state index is 12.2. The number of nitrogens with zero attached hydrogens (tertiary/aromatic N) is 2. The van der Waals surface area contributed by atoms with E-state index < -0.39 is 0 Å². The number of rotatable bonds is 5. The van der Waals surface area contributed by atoms with Crippen LogP contribution in [-0.4, -0.2) is 55.1 Å². The fourth-order valence-corrected chi connectivity index (χ4v) is 4.22. The lowest BCUT2D eigenvalue weighted by atomic mass is 9.96. The number of piperidine rings is 1. The van der Waals surface area contributed by atoms with Gasteiger partial charge in [0.05, 0.1) is 0 Å². The summed E-state index contributed by atoms with van der Waals surface area (Å²) in [5.41, 5.74) is 0. The standard InChI is InChI=1S/C17H27N3OS/c21-17(18-8-5-16-4-3-13-22-16)20-11-6-15(7-12-20)14-19-9-1-2-10-19/h3-4,13,15H,1-2,5-12,14H2,(H,18,21). The predicted octanol–water partition coefficient (Wildman–Crippen LogP) is 2.81. The van der Waals surface area contributed by atoms with Crippen LogP contribution >= 0.6 is 11.3 Å². The van der Waals surface area contributed by atoms with Gasteiger partial charge in [0, 0.05) is 31.1 Å². The van der Waals surface area contributed by atoms with Crippen LogP contribution in [0.5, 0.6) is 0 Å². The van der Waals surface area contributed by atoms with Crippen LogP contribution in [0.1, 0.15) is 30.6 Å². The number of carbonyl (C=O) groups excluding carboxylic acids is 1. The summed E-state index contributed by atoms with van der Waals surface area (Å²) in [6, 6.07) is 4.31. The monoisotopic (exact) mass is 321 g/mol. The average Bonchev–Trinajstić information content (AvgIpc) is 3.21. The number of likely N-dealkylation sites (tertiary alicyclic amines) is 2. The summed E-state index contributed by atoms with van der Waals surface area (Å²) in [5.74, 6) is 0.785. The van der Waals surface area contributed by atoms with Gasteiger partial charge < -0.3 is 15.1 Å². The van der Waals surface area contributed by atoms with Crippen LogP contribution in [0, 0.1) is 5.92 Å². The maximum Gasteiger partial charge on any atom is 0.317 e. The highest BCUT2D eigenvalue weighted by Crippen LogP contribution is 2.20. The van der Waals surface area contributed by atoms with E-state index in [4.69, 9.17) is 0 Å². The molecule has 2 aliphatic rings. The molecule has 4 nitrogen and oxygen atoms in total. The minimum atomic E-state index is 0.121. The fraction of sp³-hybridized carbons (Fsp3) is 0.706. The van der Waals surface area contributed by atoms with Crippen LogP contribution < -0.4 is 5.32 Å². The summed E-state index contributed by atoms with van der Waals surface area (Å²) in [4.78, 5) is 18.1. The third-order valence-corrected chi connectivity index (χ3v) is 5.78. The molecule has 0 bridgehead atoms. The van der Waals surface area contributed by atoms with Crippen molar-refractivity contribution in [3.63, 3.8) is 0 Å². The Morgan fingerprint density at radius 2 is 2.00 bits per heavy atom. The number of carbonyl (C=O) groups is 1. The zero-order valence-electron chi connectivity index (χ0n) is 13.3. The van der Waals surface area contributed by atoms with Crippen LogP contribution in [0.15, 0.2) is 17.5 Å². The first-order valence-electron chi connectivity index (χ1n) is 8.59. The number of nitrogens with one attached hydrogen (secondary N) is 1. The fourth-order valence-electron chi connectivity index (χ4n) is 3.51. The summed E-state index contributed by atoms with van der Waals surface area (Å²) < 4.78 is 0. The number of amides is 2. The van der Waals surface area contributed by atoms with E-state index >= 15 is 0 Å². The Morgan fingerprint density at radius 1 is 1.23 bits per heavy atom. The van der Waals surface area contributed by atoms with E-state index in [1.165, 1.54) is 37.4 Å². The Morgan fingerprint density at radius 3 is 2.68 bits per heavy atom. The molecule has 1 aromatic rings. The number of hydrogen-bond donors (Lipinski definition) is 1. The van der Waals surface area contributed by atoms with Gasteiger partial charge in [-0.2, -0.15) is 0 Å². The second-order valence-corrected chi connectivity index (χ2v) is 7.53. The van der Waals surface area contributed by atoms with Crippen molar-refractivity contribution in [2.45, 2.75) is 32.1 Å². The molecule has 2 amide bonds. The Bertz CT molecular complexity index is 448. The molecule has 0 aliphatic carbocycles. The van der Waals surface area contributed by atoms with Crippen molar-refractivity contribution in [2.75, 3.05) is 39.3 Å². The molecular formula is C17H27N3OS. The first-order valence-corrected chi connectivity index (χ1v) is 9.47. The smallest absolute Gasteiger partial charge is 0.317 e. The van der Waals surface area contributed by atoms with Crippen molar-refractivity contribution in [3.05, 3.63) is 22.4 Å². The molecule has 122 valence electrons. The first kappa shape index (κ1) is 15.8. The molecule has 2 saturated heterocycles. The number of hydrogen-bond acceptors (Lipinski definition) is 3. The normalized spacial score (nSPS) is 20.5. The van der Waals surface area contributed by atoms with E-state index in [1.807, 2.05) is 4.90 Å². The summed E-state index contributed by atoms with van der Waals surface area (Å²) in [5, 5.41) is 5.15. The number of thiophene rings is 1. The molecule has 22 heavy (non-hydrogen) atoms. The molecule has 5 heteroatoms. The largest absolute Gasteiger partial charge is 0.338 e. The molecule has 0 aromatic carbocycles. The third kappa shape index (κ3) is 4.46. The minimum Gasteiger partial charge on any atom is -0.338 e. The van der Waals surface area contributed by atoms with Gasteiger partial charge in [0.25, 0.3) is 0 Å². The van der Waals surface area contributed by atoms with Crippen molar-refractivity contribution in [2.24, 2.45) is 5.92 Å². The minimum absolute atomic E-state index is 0.121. The lowest BCUT2D eigenvalue weighted by molar-refractivity contribution is 0.154. The van der Waals surface area contributed by atoms with Crippen LogP contribution in [0.4, 0.5) is 4.79 Å². The molecule has 2 fully saturated rings. The topological polar surface area (TPSA) is 35.6 Å². The Kier molecular flexibility index (Phi) is 5.73. The van der Waals surface area contributed by atoms with Crippen molar-refractivity contribution in [1.29, 1.82) is 0 Å². The van der Waals surface area contributed by atoms with Gasteiger partial charge in [0.1, 0.15) is 0 Å². The highest BCUT2D eigenvalue weighted by Gasteiger charge is 2.24. The second-order valence-electron chi connectivity index (χ2n) is 6.50. The van der Waals surface area contributed by atoms with E-state index in [0.29, 0.717) is 0 Å². The van der Waals surface area contributed by atoms with Gasteiger partial charge in [0.2, 0.25) is 0 Å². The van der Waals surface area contributed by atoms with E-state index in [-0.39, 0.29) is 6.03 Å². The quantitative estimate of drug-likeness (QED) is 0.905. The molecule has 3 rings (SSSR count). The third-order valence-electron chi connectivity index (χ3n) is 4.84. The molecular weight excluding hydrogens is 294 g/mol. The summed E-state index contributed by atoms with van der Waals surface area (Å²) in [6.45, 7) is 6.39. The lowest BCUT2D eigenvalue weighted by Gasteiger charge is -2.33. The van der Waals surface area contributed by atoms with Gasteiger partial charge in [-0.25, -0.2) is 4.79 Å². The Balaban J connectivity index is 1.32. The lowest BCUT2D eigenvalue weighted by Crippen LogP contribution is -2.46. The molecule has 3 heterocycles. The van der Waals surface area contributed by atoms with E-state index in [0.717, 1.165) is 44.8 Å². The van der Waals surface area contributed by atoms with Gasteiger partial charge in [-0.1, -0.05) is 6.07 Å². The molecule has 0 spiro atoms. The summed E-state index contributed by atoms with van der Waals surface area (Å²) >= 11 is 1.76. The molecule has 2 aliphatic heterocycles. The molecule has 0 atom stereocenters. The van der Waals surface area contributed by atoms with Gasteiger partial charge in [-0.05, 0) is 62.6 Å². The van der Waals surface area contributed by atoms with Crippen LogP contribution in [0.2, 0.25) is 0 Å². The highest BCUT2D eigenvalue weighted by atomic mass is 32.1. The highest BCUT2D eigenvalue weighted by molar-refractivity contribution is 7.09. The van der Waals surface area contributed by atoms with Crippen LogP contribution in [0.3, 0.4) is 0 Å². The second kappa shape index (κ2) is 7.97. The maximum atomic E-state index is 12.2. The Hall–Kier alpha value is -1.07. The van der Waals surface area contributed by atoms with Gasteiger partial charge in [-0.15, -0.1) is 11.3 Å². The summed E-state index contributed by atoms with van der Waals surface area (Å²) in [7, 11) is 0. The molecule has 0 radical (unpaired) electrons. The summed E-state index contributed by atoms with van der Waals surface area (Å²) in [6.07, 6.45) is 6.00. The van der Waals surface area contributed by atoms with Crippen molar-refractivity contribution >= 4 is 17.4 Å². The Labute approximate surface area is 137 Å².